The van der Waals surface area contributed by atoms with Crippen LogP contribution in [-0.2, 0) is 19.1 Å². The highest BCUT2D eigenvalue weighted by molar-refractivity contribution is 5.92. The Hall–Kier alpha value is -1.28. The summed E-state index contributed by atoms with van der Waals surface area (Å²) in [6.07, 6.45) is -1.29. The molecule has 1 aliphatic heterocycles. The maximum atomic E-state index is 13.6. The number of ether oxygens (including phenoxy) is 2. The molecule has 0 radical (unpaired) electrons. The maximum absolute atomic E-state index is 13.6. The van der Waals surface area contributed by atoms with Gasteiger partial charge in [-0.05, 0) is 32.1 Å². The van der Waals surface area contributed by atoms with Gasteiger partial charge in [-0.2, -0.15) is 0 Å². The van der Waals surface area contributed by atoms with E-state index in [1.54, 1.807) is 13.8 Å². The highest BCUT2D eigenvalue weighted by Gasteiger charge is 2.81. The van der Waals surface area contributed by atoms with Crippen molar-refractivity contribution in [3.8, 4) is 0 Å². The number of aliphatic hydroxyl groups is 3. The van der Waals surface area contributed by atoms with E-state index in [1.807, 2.05) is 13.8 Å². The molecule has 0 aromatic rings. The number of hydrogen-bond acceptors (Lipinski definition) is 7. The van der Waals surface area contributed by atoms with Gasteiger partial charge in [-0.1, -0.05) is 26.8 Å². The lowest BCUT2D eigenvalue weighted by atomic mass is 9.40. The first kappa shape index (κ1) is 22.4. The Morgan fingerprint density at radius 1 is 1.24 bits per heavy atom. The van der Waals surface area contributed by atoms with Crippen molar-refractivity contribution in [2.45, 2.75) is 95.9 Å². The van der Waals surface area contributed by atoms with Gasteiger partial charge in [0.15, 0.2) is 17.5 Å². The summed E-state index contributed by atoms with van der Waals surface area (Å²) in [5.74, 6) is -1.87. The summed E-state index contributed by atoms with van der Waals surface area (Å²) in [7, 11) is 0. The molecule has 7 nitrogen and oxygen atoms in total. The molecule has 2 saturated carbocycles. The summed E-state index contributed by atoms with van der Waals surface area (Å²) in [6.45, 7) is 13.6. The van der Waals surface area contributed by atoms with Gasteiger partial charge in [0.05, 0.1) is 17.8 Å². The van der Waals surface area contributed by atoms with E-state index in [9.17, 15) is 24.9 Å². The fourth-order valence-electron chi connectivity index (χ4n) is 6.66. The van der Waals surface area contributed by atoms with Crippen LogP contribution < -0.4 is 0 Å². The fraction of sp³-hybridized carbons (Fsp3) is 0.818. The van der Waals surface area contributed by atoms with E-state index in [-0.39, 0.29) is 6.42 Å². The number of carbonyl (C=O) groups excluding carboxylic acids is 2. The fourth-order valence-corrected chi connectivity index (χ4v) is 6.66. The molecule has 3 fully saturated rings. The number of aliphatic hydroxyl groups excluding tert-OH is 2. The van der Waals surface area contributed by atoms with Gasteiger partial charge in [0, 0.05) is 24.7 Å². The Morgan fingerprint density at radius 2 is 1.83 bits per heavy atom. The highest BCUT2D eigenvalue weighted by Crippen LogP contribution is 2.66. The van der Waals surface area contributed by atoms with Crippen molar-refractivity contribution >= 4 is 11.8 Å². The summed E-state index contributed by atoms with van der Waals surface area (Å²) >= 11 is 0. The minimum Gasteiger partial charge on any atom is -0.457 e. The maximum Gasteiger partial charge on any atom is 0.303 e. The minimum atomic E-state index is -2.18. The van der Waals surface area contributed by atoms with Crippen LogP contribution in [0.1, 0.15) is 60.8 Å². The van der Waals surface area contributed by atoms with Crippen molar-refractivity contribution in [3.63, 3.8) is 0 Å². The molecule has 8 atom stereocenters. The van der Waals surface area contributed by atoms with Crippen molar-refractivity contribution in [1.29, 1.82) is 0 Å². The summed E-state index contributed by atoms with van der Waals surface area (Å²) in [6, 6.07) is 0. The van der Waals surface area contributed by atoms with Gasteiger partial charge < -0.3 is 24.8 Å². The molecule has 3 N–H and O–H groups in total. The third kappa shape index (κ3) is 2.63. The minimum absolute atomic E-state index is 0.138. The third-order valence-electron chi connectivity index (χ3n) is 8.02. The van der Waals surface area contributed by atoms with Crippen molar-refractivity contribution in [2.75, 3.05) is 0 Å². The van der Waals surface area contributed by atoms with Crippen LogP contribution in [0.3, 0.4) is 0 Å². The van der Waals surface area contributed by atoms with Crippen molar-refractivity contribution < 1.29 is 34.4 Å². The lowest BCUT2D eigenvalue weighted by molar-refractivity contribution is -0.370. The molecule has 0 unspecified atom stereocenters. The van der Waals surface area contributed by atoms with Crippen LogP contribution in [0, 0.1) is 16.7 Å². The molecule has 164 valence electrons. The molecule has 0 bridgehead atoms. The van der Waals surface area contributed by atoms with E-state index in [1.165, 1.54) is 19.9 Å². The predicted molar refractivity (Wildman–Crippen MR) is 105 cm³/mol. The molecule has 3 rings (SSSR count). The molecular weight excluding hydrogens is 376 g/mol. The molecule has 0 aromatic carbocycles. The summed E-state index contributed by atoms with van der Waals surface area (Å²) in [5, 5.41) is 34.7. The third-order valence-corrected chi connectivity index (χ3v) is 8.02. The van der Waals surface area contributed by atoms with Crippen LogP contribution in [0.2, 0.25) is 0 Å². The molecule has 0 amide bonds. The largest absolute Gasteiger partial charge is 0.457 e. The average Bonchev–Trinajstić information content (AvgIpc) is 2.59. The second kappa shape index (κ2) is 6.36. The number of ketones is 1. The summed E-state index contributed by atoms with van der Waals surface area (Å²) in [5.41, 5.74) is -7.00. The molecule has 1 saturated heterocycles. The first-order chi connectivity index (χ1) is 13.1. The zero-order valence-electron chi connectivity index (χ0n) is 18.2. The molecule has 2 aliphatic carbocycles. The van der Waals surface area contributed by atoms with E-state index >= 15 is 0 Å². The van der Waals surface area contributed by atoms with E-state index in [4.69, 9.17) is 9.47 Å². The Labute approximate surface area is 172 Å². The lowest BCUT2D eigenvalue weighted by Crippen LogP contribution is -2.86. The Morgan fingerprint density at radius 3 is 2.34 bits per heavy atom. The smallest absolute Gasteiger partial charge is 0.303 e. The van der Waals surface area contributed by atoms with Crippen LogP contribution in [0.4, 0.5) is 0 Å². The van der Waals surface area contributed by atoms with E-state index < -0.39 is 63.6 Å². The molecule has 29 heavy (non-hydrogen) atoms. The number of Topliss-reactive ketones (excluding diaryl/α,β-unsaturated/α-hetero) is 1. The molecule has 1 heterocycles. The Bertz CT molecular complexity index is 747. The number of carbonyl (C=O) groups is 2. The zero-order chi connectivity index (χ0) is 22.2. The predicted octanol–water partition coefficient (Wildman–Crippen LogP) is 1.52. The topological polar surface area (TPSA) is 113 Å². The van der Waals surface area contributed by atoms with Crippen LogP contribution in [0.5, 0.6) is 0 Å². The molecule has 0 spiro atoms. The highest BCUT2D eigenvalue weighted by atomic mass is 16.6. The second-order valence-electron chi connectivity index (χ2n) is 10.4. The molecule has 7 heteroatoms. The first-order valence-electron chi connectivity index (χ1n) is 10.2. The average molecular weight is 411 g/mol. The second-order valence-corrected chi connectivity index (χ2v) is 10.4. The monoisotopic (exact) mass is 410 g/mol. The normalized spacial score (nSPS) is 51.6. The summed E-state index contributed by atoms with van der Waals surface area (Å²) in [4.78, 5) is 25.5. The van der Waals surface area contributed by atoms with Gasteiger partial charge in [-0.15, -0.1) is 6.58 Å². The zero-order valence-corrected chi connectivity index (χ0v) is 18.2. The van der Waals surface area contributed by atoms with Crippen molar-refractivity contribution in [2.24, 2.45) is 16.7 Å². The van der Waals surface area contributed by atoms with Gasteiger partial charge >= 0.3 is 5.97 Å². The van der Waals surface area contributed by atoms with E-state index in [0.29, 0.717) is 12.8 Å². The van der Waals surface area contributed by atoms with Gasteiger partial charge in [0.1, 0.15) is 5.60 Å². The van der Waals surface area contributed by atoms with Gasteiger partial charge in [0.25, 0.3) is 0 Å². The summed E-state index contributed by atoms with van der Waals surface area (Å²) < 4.78 is 11.8. The Balaban J connectivity index is 2.33. The van der Waals surface area contributed by atoms with E-state index in [0.717, 1.165) is 0 Å². The quantitative estimate of drug-likeness (QED) is 0.467. The Kier molecular flexibility index (Phi) is 4.91. The van der Waals surface area contributed by atoms with Gasteiger partial charge in [-0.25, -0.2) is 0 Å². The van der Waals surface area contributed by atoms with Crippen molar-refractivity contribution in [3.05, 3.63) is 12.7 Å². The van der Waals surface area contributed by atoms with E-state index in [2.05, 4.69) is 6.58 Å². The molecule has 0 aromatic heterocycles. The number of rotatable bonds is 2. The standard InChI is InChI=1S/C22H34O7/c1-8-19(5)11-14(25)22(27)20(6)13(24)9-10-18(3,4)16(20)15(26)17(28-12(2)23)21(22,7)29-19/h8,13,15-17,24,26-27H,1,9-11H2,2-7H3/t13-,15-,16-,17+,19+,20-,21+,22+/m0/s1. The molecular formula is C22H34O7. The van der Waals surface area contributed by atoms with Crippen LogP contribution in [0.25, 0.3) is 0 Å². The SMILES string of the molecule is C=C[C@]1(C)CC(=O)[C@@]2(O)[C@@]3(C)[C@@H](O)CCC(C)(C)[C@@H]3[C@H](O)[C@@H](OC(C)=O)[C@@]2(C)O1. The number of fused-ring (bicyclic) bond motifs is 3. The number of esters is 1. The van der Waals surface area contributed by atoms with Crippen LogP contribution >= 0.6 is 0 Å². The first-order valence-corrected chi connectivity index (χ1v) is 10.2. The van der Waals surface area contributed by atoms with Crippen molar-refractivity contribution in [1.82, 2.24) is 0 Å². The van der Waals surface area contributed by atoms with Gasteiger partial charge in [0.2, 0.25) is 0 Å². The van der Waals surface area contributed by atoms with Crippen LogP contribution in [-0.4, -0.2) is 62.2 Å². The number of hydrogen-bond donors (Lipinski definition) is 3. The van der Waals surface area contributed by atoms with Gasteiger partial charge in [-0.3, -0.25) is 9.59 Å². The molecule has 3 aliphatic rings. The lowest BCUT2D eigenvalue weighted by Gasteiger charge is -2.71. The van der Waals surface area contributed by atoms with Crippen LogP contribution in [0.15, 0.2) is 12.7 Å².